The summed E-state index contributed by atoms with van der Waals surface area (Å²) in [6.07, 6.45) is 4.28. The van der Waals surface area contributed by atoms with E-state index in [0.29, 0.717) is 36.5 Å². The van der Waals surface area contributed by atoms with E-state index in [1.807, 2.05) is 11.5 Å². The Bertz CT molecular complexity index is 650. The Morgan fingerprint density at radius 2 is 2.32 bits per heavy atom. The van der Waals surface area contributed by atoms with Crippen LogP contribution in [0.25, 0.3) is 0 Å². The number of ether oxygens (including phenoxy) is 2. The maximum absolute atomic E-state index is 12.4. The van der Waals surface area contributed by atoms with E-state index in [0.717, 1.165) is 19.3 Å². The Morgan fingerprint density at radius 3 is 3.00 bits per heavy atom. The van der Waals surface area contributed by atoms with Crippen LogP contribution in [0.1, 0.15) is 36.7 Å². The third-order valence-electron chi connectivity index (χ3n) is 4.25. The van der Waals surface area contributed by atoms with Crippen molar-refractivity contribution in [1.29, 1.82) is 0 Å². The molecule has 7 heteroatoms. The number of fused-ring (bicyclic) bond motifs is 2. The molecule has 1 aromatic heterocycles. The number of pyridine rings is 1. The molecule has 1 spiro atoms. The molecule has 0 saturated carbocycles. The van der Waals surface area contributed by atoms with E-state index < -0.39 is 0 Å². The van der Waals surface area contributed by atoms with Gasteiger partial charge < -0.3 is 19.4 Å². The van der Waals surface area contributed by atoms with E-state index in [-0.39, 0.29) is 22.6 Å². The largest absolute Gasteiger partial charge is 0.487 e. The van der Waals surface area contributed by atoms with Gasteiger partial charge in [-0.05, 0) is 28.8 Å². The summed E-state index contributed by atoms with van der Waals surface area (Å²) >= 11 is 3.30. The first-order valence-electron chi connectivity index (χ1n) is 7.53. The van der Waals surface area contributed by atoms with Gasteiger partial charge in [0.05, 0.1) is 23.2 Å². The van der Waals surface area contributed by atoms with Crippen molar-refractivity contribution < 1.29 is 14.3 Å². The third-order valence-corrected chi connectivity index (χ3v) is 4.82. The van der Waals surface area contributed by atoms with Crippen LogP contribution in [0, 0.1) is 0 Å². The number of nitrogens with one attached hydrogen (secondary N) is 1. The van der Waals surface area contributed by atoms with Crippen molar-refractivity contribution in [2.24, 2.45) is 0 Å². The van der Waals surface area contributed by atoms with E-state index in [9.17, 15) is 9.59 Å². The van der Waals surface area contributed by atoms with Crippen molar-refractivity contribution in [2.45, 2.75) is 31.7 Å². The zero-order valence-electron chi connectivity index (χ0n) is 12.5. The zero-order valence-corrected chi connectivity index (χ0v) is 14.1. The van der Waals surface area contributed by atoms with Crippen LogP contribution in [-0.2, 0) is 10.3 Å². The lowest BCUT2D eigenvalue weighted by Crippen LogP contribution is -2.53. The third kappa shape index (κ3) is 2.46. The van der Waals surface area contributed by atoms with Gasteiger partial charge in [0.15, 0.2) is 11.4 Å². The second-order valence-corrected chi connectivity index (χ2v) is 6.62. The molecular formula is C15H19BrN2O4. The number of nitrogens with zero attached hydrogens (tertiary/aromatic N) is 1. The highest BCUT2D eigenvalue weighted by atomic mass is 79.9. The second kappa shape index (κ2) is 6.04. The number of carbonyl (C=O) groups excluding carboxylic acids is 1. The highest BCUT2D eigenvalue weighted by Crippen LogP contribution is 2.34. The van der Waals surface area contributed by atoms with Crippen LogP contribution in [0.5, 0.6) is 5.75 Å². The van der Waals surface area contributed by atoms with E-state index in [1.54, 1.807) is 6.20 Å². The smallest absolute Gasteiger partial charge is 0.272 e. The number of hydrogen-bond donors (Lipinski definition) is 1. The Balaban J connectivity index is 2.12. The van der Waals surface area contributed by atoms with Crippen molar-refractivity contribution in [3.8, 4) is 5.75 Å². The minimum Gasteiger partial charge on any atom is -0.487 e. The number of rotatable bonds is 4. The van der Waals surface area contributed by atoms with E-state index in [2.05, 4.69) is 21.2 Å². The maximum Gasteiger partial charge on any atom is 0.272 e. The second-order valence-electron chi connectivity index (χ2n) is 5.77. The lowest BCUT2D eigenvalue weighted by Gasteiger charge is -2.37. The molecule has 120 valence electrons. The maximum atomic E-state index is 12.4. The summed E-state index contributed by atoms with van der Waals surface area (Å²) in [5.41, 5.74) is -0.308. The summed E-state index contributed by atoms with van der Waals surface area (Å²) in [6, 6.07) is 0. The molecule has 1 fully saturated rings. The molecule has 3 rings (SSSR count). The van der Waals surface area contributed by atoms with Gasteiger partial charge in [0.1, 0.15) is 0 Å². The summed E-state index contributed by atoms with van der Waals surface area (Å²) < 4.78 is 13.5. The molecule has 1 atom stereocenters. The van der Waals surface area contributed by atoms with Gasteiger partial charge in [0.2, 0.25) is 5.43 Å². The molecule has 0 bridgehead atoms. The van der Waals surface area contributed by atoms with Crippen LogP contribution in [0.15, 0.2) is 15.5 Å². The molecule has 2 aliphatic rings. The SMILES string of the molecule is CCCCOc1c2n(cc(Br)c1=O)C1(CCOC1)CNC2=O. The molecule has 0 radical (unpaired) electrons. The lowest BCUT2D eigenvalue weighted by atomic mass is 9.94. The number of carbonyl (C=O) groups is 1. The van der Waals surface area contributed by atoms with E-state index >= 15 is 0 Å². The molecular weight excluding hydrogens is 352 g/mol. The lowest BCUT2D eigenvalue weighted by molar-refractivity contribution is 0.0831. The molecule has 1 amide bonds. The van der Waals surface area contributed by atoms with Crippen LogP contribution in [0.2, 0.25) is 0 Å². The quantitative estimate of drug-likeness (QED) is 0.818. The summed E-state index contributed by atoms with van der Waals surface area (Å²) in [7, 11) is 0. The molecule has 1 aromatic rings. The van der Waals surface area contributed by atoms with Crippen LogP contribution in [-0.4, -0.2) is 36.8 Å². The van der Waals surface area contributed by atoms with Crippen molar-refractivity contribution >= 4 is 21.8 Å². The summed E-state index contributed by atoms with van der Waals surface area (Å²) in [5.74, 6) is -0.139. The Kier molecular flexibility index (Phi) is 4.27. The fourth-order valence-corrected chi connectivity index (χ4v) is 3.33. The molecule has 3 heterocycles. The van der Waals surface area contributed by atoms with Gasteiger partial charge in [-0.15, -0.1) is 0 Å². The fraction of sp³-hybridized carbons (Fsp3) is 0.600. The first-order valence-corrected chi connectivity index (χ1v) is 8.33. The molecule has 0 aliphatic carbocycles. The van der Waals surface area contributed by atoms with Crippen molar-refractivity contribution in [3.63, 3.8) is 0 Å². The first kappa shape index (κ1) is 15.6. The van der Waals surface area contributed by atoms with Crippen LogP contribution >= 0.6 is 15.9 Å². The van der Waals surface area contributed by atoms with Crippen LogP contribution in [0.3, 0.4) is 0 Å². The number of unbranched alkanes of at least 4 members (excludes halogenated alkanes) is 1. The summed E-state index contributed by atoms with van der Waals surface area (Å²) in [6.45, 7) is 4.13. The highest BCUT2D eigenvalue weighted by Gasteiger charge is 2.43. The van der Waals surface area contributed by atoms with Crippen LogP contribution < -0.4 is 15.5 Å². The Morgan fingerprint density at radius 1 is 1.50 bits per heavy atom. The minimum absolute atomic E-state index is 0.131. The fourth-order valence-electron chi connectivity index (χ4n) is 2.94. The normalized spacial score (nSPS) is 23.5. The van der Waals surface area contributed by atoms with E-state index in [4.69, 9.17) is 9.47 Å². The number of aromatic nitrogens is 1. The molecule has 22 heavy (non-hydrogen) atoms. The minimum atomic E-state index is -0.331. The molecule has 1 saturated heterocycles. The average Bonchev–Trinajstić information content (AvgIpc) is 2.97. The van der Waals surface area contributed by atoms with Gasteiger partial charge >= 0.3 is 0 Å². The zero-order chi connectivity index (χ0) is 15.7. The number of hydrogen-bond acceptors (Lipinski definition) is 4. The number of amides is 1. The van der Waals surface area contributed by atoms with Crippen molar-refractivity contribution in [1.82, 2.24) is 9.88 Å². The predicted molar refractivity (Wildman–Crippen MR) is 84.5 cm³/mol. The van der Waals surface area contributed by atoms with Gasteiger partial charge in [-0.3, -0.25) is 9.59 Å². The Hall–Kier alpha value is -1.34. The van der Waals surface area contributed by atoms with Gasteiger partial charge in [-0.1, -0.05) is 13.3 Å². The van der Waals surface area contributed by atoms with Gasteiger partial charge in [0, 0.05) is 19.3 Å². The average molecular weight is 371 g/mol. The molecule has 6 nitrogen and oxygen atoms in total. The number of halogens is 1. The standard InChI is InChI=1S/C15H19BrN2O4/c1-2-3-5-22-13-11-14(20)17-8-15(4-6-21-9-15)18(11)7-10(16)12(13)19/h7H,2-6,8-9H2,1H3,(H,17,20). The van der Waals surface area contributed by atoms with Crippen LogP contribution in [0.4, 0.5) is 0 Å². The predicted octanol–water partition coefficient (Wildman–Crippen LogP) is 1.65. The summed E-state index contributed by atoms with van der Waals surface area (Å²) in [5, 5.41) is 2.87. The van der Waals surface area contributed by atoms with Crippen molar-refractivity contribution in [2.75, 3.05) is 26.4 Å². The first-order chi connectivity index (χ1) is 10.6. The van der Waals surface area contributed by atoms with Crippen molar-refractivity contribution in [3.05, 3.63) is 26.6 Å². The monoisotopic (exact) mass is 370 g/mol. The topological polar surface area (TPSA) is 69.6 Å². The Labute approximate surface area is 136 Å². The van der Waals surface area contributed by atoms with Gasteiger partial charge in [-0.25, -0.2) is 0 Å². The highest BCUT2D eigenvalue weighted by molar-refractivity contribution is 9.10. The molecule has 2 aliphatic heterocycles. The summed E-state index contributed by atoms with van der Waals surface area (Å²) in [4.78, 5) is 24.7. The molecule has 0 aromatic carbocycles. The molecule has 1 unspecified atom stereocenters. The van der Waals surface area contributed by atoms with Gasteiger partial charge in [-0.2, -0.15) is 0 Å². The van der Waals surface area contributed by atoms with E-state index in [1.165, 1.54) is 0 Å². The van der Waals surface area contributed by atoms with Gasteiger partial charge in [0.25, 0.3) is 5.91 Å². The molecule has 1 N–H and O–H groups in total.